The first-order valence-corrected chi connectivity index (χ1v) is 7.04. The van der Waals surface area contributed by atoms with Crippen LogP contribution in [0.4, 0.5) is 4.39 Å². The lowest BCUT2D eigenvalue weighted by molar-refractivity contribution is -0.132. The number of nitrogens with zero attached hydrogens (tertiary/aromatic N) is 4. The van der Waals surface area contributed by atoms with Gasteiger partial charge < -0.3 is 9.64 Å². The Hall–Kier alpha value is -2.77. The molecule has 0 unspecified atom stereocenters. The number of carbonyl (C=O) groups excluding carboxylic acids is 2. The van der Waals surface area contributed by atoms with Gasteiger partial charge in [-0.25, -0.2) is 13.9 Å². The van der Waals surface area contributed by atoms with E-state index in [4.69, 9.17) is 0 Å². The fraction of sp³-hybridized carbons (Fsp3) is 0.333. The van der Waals surface area contributed by atoms with E-state index in [2.05, 4.69) is 15.0 Å². The molecule has 0 spiro atoms. The molecule has 1 aromatic carbocycles. The van der Waals surface area contributed by atoms with E-state index in [0.717, 1.165) is 0 Å². The summed E-state index contributed by atoms with van der Waals surface area (Å²) in [5.74, 6) is -1.17. The summed E-state index contributed by atoms with van der Waals surface area (Å²) in [6.07, 6.45) is 1.35. The number of esters is 1. The molecule has 0 aliphatic rings. The molecular weight excluding hydrogens is 303 g/mol. The number of methoxy groups -OCH3 is 1. The van der Waals surface area contributed by atoms with Gasteiger partial charge in [0.2, 0.25) is 5.91 Å². The molecule has 0 atom stereocenters. The molecular formula is C15H17FN4O3. The molecule has 122 valence electrons. The second-order valence-corrected chi connectivity index (χ2v) is 4.83. The molecule has 2 aromatic rings. The third-order valence-corrected chi connectivity index (χ3v) is 3.23. The number of rotatable bonds is 6. The first kappa shape index (κ1) is 16.6. The van der Waals surface area contributed by atoms with Gasteiger partial charge in [0.1, 0.15) is 12.4 Å². The minimum Gasteiger partial charge on any atom is -0.464 e. The Labute approximate surface area is 132 Å². The zero-order valence-electron chi connectivity index (χ0n) is 12.9. The van der Waals surface area contributed by atoms with Crippen molar-refractivity contribution in [1.82, 2.24) is 19.9 Å². The zero-order chi connectivity index (χ0) is 16.8. The lowest BCUT2D eigenvalue weighted by atomic mass is 10.2. The molecule has 0 saturated carbocycles. The number of amides is 1. The Bertz CT molecular complexity index is 702. The van der Waals surface area contributed by atoms with E-state index in [1.54, 1.807) is 17.0 Å². The van der Waals surface area contributed by atoms with Crippen LogP contribution < -0.4 is 0 Å². The Kier molecular flexibility index (Phi) is 5.40. The van der Waals surface area contributed by atoms with E-state index in [1.807, 2.05) is 6.92 Å². The van der Waals surface area contributed by atoms with Crippen molar-refractivity contribution < 1.29 is 18.7 Å². The van der Waals surface area contributed by atoms with Crippen molar-refractivity contribution in [2.24, 2.45) is 0 Å². The van der Waals surface area contributed by atoms with Crippen molar-refractivity contribution in [1.29, 1.82) is 0 Å². The molecule has 0 aliphatic heterocycles. The largest absolute Gasteiger partial charge is 0.464 e. The van der Waals surface area contributed by atoms with Gasteiger partial charge in [-0.15, -0.1) is 5.10 Å². The van der Waals surface area contributed by atoms with Gasteiger partial charge >= 0.3 is 5.97 Å². The maximum absolute atomic E-state index is 13.2. The number of likely N-dealkylation sites (N-methyl/N-ethyl adjacent to an activating group) is 1. The predicted molar refractivity (Wildman–Crippen MR) is 78.9 cm³/mol. The van der Waals surface area contributed by atoms with Crippen LogP contribution in [0.15, 0.2) is 30.5 Å². The van der Waals surface area contributed by atoms with Gasteiger partial charge in [0.05, 0.1) is 13.3 Å². The number of hydrogen-bond acceptors (Lipinski definition) is 5. The smallest absolute Gasteiger partial charge is 0.360 e. The minimum atomic E-state index is -0.615. The standard InChI is InChI=1S/C15H17FN4O3/c1-3-19(8-11-5-4-6-12(16)7-11)14(21)10-20-9-13(17-18-20)15(22)23-2/h4-7,9H,3,8,10H2,1-2H3. The molecule has 23 heavy (non-hydrogen) atoms. The van der Waals surface area contributed by atoms with Crippen LogP contribution in [-0.2, 0) is 22.6 Å². The van der Waals surface area contributed by atoms with E-state index in [-0.39, 0.29) is 24.0 Å². The van der Waals surface area contributed by atoms with Gasteiger partial charge in [0, 0.05) is 13.1 Å². The number of ether oxygens (including phenoxy) is 1. The maximum atomic E-state index is 13.2. The second-order valence-electron chi connectivity index (χ2n) is 4.83. The van der Waals surface area contributed by atoms with Crippen LogP contribution in [0, 0.1) is 5.82 Å². The number of aromatic nitrogens is 3. The van der Waals surface area contributed by atoms with Gasteiger partial charge in [0.25, 0.3) is 0 Å². The van der Waals surface area contributed by atoms with Crippen molar-refractivity contribution in [2.45, 2.75) is 20.0 Å². The zero-order valence-corrected chi connectivity index (χ0v) is 12.9. The average molecular weight is 320 g/mol. The molecule has 0 N–H and O–H groups in total. The Morgan fingerprint density at radius 2 is 2.17 bits per heavy atom. The van der Waals surface area contributed by atoms with E-state index in [1.165, 1.54) is 30.1 Å². The lowest BCUT2D eigenvalue weighted by Crippen LogP contribution is -2.33. The normalized spacial score (nSPS) is 10.4. The third-order valence-electron chi connectivity index (χ3n) is 3.23. The number of hydrogen-bond donors (Lipinski definition) is 0. The molecule has 1 amide bonds. The van der Waals surface area contributed by atoms with E-state index in [0.29, 0.717) is 18.7 Å². The van der Waals surface area contributed by atoms with Crippen LogP contribution in [-0.4, -0.2) is 45.4 Å². The molecule has 7 nitrogen and oxygen atoms in total. The Morgan fingerprint density at radius 1 is 1.39 bits per heavy atom. The quantitative estimate of drug-likeness (QED) is 0.749. The first-order chi connectivity index (χ1) is 11.0. The number of benzene rings is 1. The molecule has 0 saturated heterocycles. The molecule has 0 bridgehead atoms. The summed E-state index contributed by atoms with van der Waals surface area (Å²) in [5, 5.41) is 7.36. The molecule has 0 fully saturated rings. The number of halogens is 1. The summed E-state index contributed by atoms with van der Waals surface area (Å²) in [4.78, 5) is 25.2. The minimum absolute atomic E-state index is 0.0356. The van der Waals surface area contributed by atoms with Crippen LogP contribution in [0.3, 0.4) is 0 Å². The van der Waals surface area contributed by atoms with Crippen LogP contribution in [0.2, 0.25) is 0 Å². The van der Waals surface area contributed by atoms with Crippen molar-refractivity contribution in [3.05, 3.63) is 47.5 Å². The van der Waals surface area contributed by atoms with Crippen molar-refractivity contribution in [3.63, 3.8) is 0 Å². The van der Waals surface area contributed by atoms with Gasteiger partial charge in [-0.3, -0.25) is 4.79 Å². The second kappa shape index (κ2) is 7.48. The lowest BCUT2D eigenvalue weighted by Gasteiger charge is -2.20. The highest BCUT2D eigenvalue weighted by Gasteiger charge is 2.16. The van der Waals surface area contributed by atoms with Crippen molar-refractivity contribution >= 4 is 11.9 Å². The Balaban J connectivity index is 2.02. The van der Waals surface area contributed by atoms with Crippen LogP contribution >= 0.6 is 0 Å². The summed E-state index contributed by atoms with van der Waals surface area (Å²) < 4.78 is 19.0. The average Bonchev–Trinajstić information content (AvgIpc) is 3.00. The van der Waals surface area contributed by atoms with Gasteiger partial charge in [-0.05, 0) is 24.6 Å². The third kappa shape index (κ3) is 4.35. The van der Waals surface area contributed by atoms with Gasteiger partial charge in [-0.1, -0.05) is 17.3 Å². The first-order valence-electron chi connectivity index (χ1n) is 7.04. The summed E-state index contributed by atoms with van der Waals surface area (Å²) in [5.41, 5.74) is 0.738. The van der Waals surface area contributed by atoms with Gasteiger partial charge in [0.15, 0.2) is 5.69 Å². The fourth-order valence-corrected chi connectivity index (χ4v) is 2.04. The highest BCUT2D eigenvalue weighted by molar-refractivity contribution is 5.86. The molecule has 1 aromatic heterocycles. The summed E-state index contributed by atoms with van der Waals surface area (Å²) in [6, 6.07) is 6.10. The molecule has 1 heterocycles. The van der Waals surface area contributed by atoms with Crippen molar-refractivity contribution in [3.8, 4) is 0 Å². The fourth-order valence-electron chi connectivity index (χ4n) is 2.04. The van der Waals surface area contributed by atoms with E-state index < -0.39 is 5.97 Å². The van der Waals surface area contributed by atoms with Gasteiger partial charge in [-0.2, -0.15) is 0 Å². The van der Waals surface area contributed by atoms with Crippen LogP contribution in [0.5, 0.6) is 0 Å². The Morgan fingerprint density at radius 3 is 2.83 bits per heavy atom. The highest BCUT2D eigenvalue weighted by Crippen LogP contribution is 2.08. The summed E-state index contributed by atoms with van der Waals surface area (Å²) in [7, 11) is 1.24. The monoisotopic (exact) mass is 320 g/mol. The highest BCUT2D eigenvalue weighted by atomic mass is 19.1. The SMILES string of the molecule is CCN(Cc1cccc(F)c1)C(=O)Cn1cc(C(=O)OC)nn1. The molecule has 8 heteroatoms. The molecule has 0 aliphatic carbocycles. The van der Waals surface area contributed by atoms with Crippen LogP contribution in [0.1, 0.15) is 23.0 Å². The molecule has 0 radical (unpaired) electrons. The summed E-state index contributed by atoms with van der Waals surface area (Å²) >= 11 is 0. The van der Waals surface area contributed by atoms with Crippen molar-refractivity contribution in [2.75, 3.05) is 13.7 Å². The predicted octanol–water partition coefficient (Wildman–Crippen LogP) is 1.25. The maximum Gasteiger partial charge on any atom is 0.360 e. The van der Waals surface area contributed by atoms with E-state index >= 15 is 0 Å². The van der Waals surface area contributed by atoms with E-state index in [9.17, 15) is 14.0 Å². The van der Waals surface area contributed by atoms with Crippen LogP contribution in [0.25, 0.3) is 0 Å². The molecule has 2 rings (SSSR count). The number of carbonyl (C=O) groups is 2. The summed E-state index contributed by atoms with van der Waals surface area (Å²) in [6.45, 7) is 2.53. The topological polar surface area (TPSA) is 77.3 Å².